The number of nitrogens with zero attached hydrogens (tertiary/aromatic N) is 2. The average Bonchev–Trinajstić information content (AvgIpc) is 2.94. The number of rotatable bonds is 5. The molecule has 21 heavy (non-hydrogen) atoms. The number of aromatic nitrogens is 2. The molecule has 1 heterocycles. The Morgan fingerprint density at radius 3 is 2.71 bits per heavy atom. The van der Waals surface area contributed by atoms with Crippen molar-refractivity contribution in [3.63, 3.8) is 0 Å². The SMILES string of the molecule is C[C@@H](NC(N)=O)C(=O)NCc1cnn(-c2ccccc2)c1. The number of hydrogen-bond acceptors (Lipinski definition) is 3. The maximum atomic E-state index is 11.7. The van der Waals surface area contributed by atoms with Crippen LogP contribution in [0.2, 0.25) is 0 Å². The number of hydrogen-bond donors (Lipinski definition) is 3. The average molecular weight is 287 g/mol. The summed E-state index contributed by atoms with van der Waals surface area (Å²) in [7, 11) is 0. The van der Waals surface area contributed by atoms with Crippen LogP contribution in [0.3, 0.4) is 0 Å². The number of carbonyl (C=O) groups is 2. The first-order chi connectivity index (χ1) is 10.1. The van der Waals surface area contributed by atoms with Crippen LogP contribution in [0.15, 0.2) is 42.7 Å². The molecule has 0 spiro atoms. The van der Waals surface area contributed by atoms with Crippen molar-refractivity contribution in [2.24, 2.45) is 5.73 Å². The number of urea groups is 1. The Kier molecular flexibility index (Phi) is 4.55. The molecule has 1 atom stereocenters. The summed E-state index contributed by atoms with van der Waals surface area (Å²) in [6.07, 6.45) is 3.52. The van der Waals surface area contributed by atoms with E-state index in [1.807, 2.05) is 36.5 Å². The van der Waals surface area contributed by atoms with Crippen LogP contribution in [-0.4, -0.2) is 27.8 Å². The fraction of sp³-hybridized carbons (Fsp3) is 0.214. The second-order valence-electron chi connectivity index (χ2n) is 4.58. The smallest absolute Gasteiger partial charge is 0.312 e. The highest BCUT2D eigenvalue weighted by atomic mass is 16.2. The summed E-state index contributed by atoms with van der Waals surface area (Å²) in [4.78, 5) is 22.4. The molecule has 7 nitrogen and oxygen atoms in total. The maximum absolute atomic E-state index is 11.7. The van der Waals surface area contributed by atoms with Gasteiger partial charge in [0.1, 0.15) is 6.04 Å². The maximum Gasteiger partial charge on any atom is 0.312 e. The number of benzene rings is 1. The van der Waals surface area contributed by atoms with Gasteiger partial charge in [-0.05, 0) is 19.1 Å². The first kappa shape index (κ1) is 14.6. The fourth-order valence-electron chi connectivity index (χ4n) is 1.79. The lowest BCUT2D eigenvalue weighted by molar-refractivity contribution is -0.122. The summed E-state index contributed by atoms with van der Waals surface area (Å²) >= 11 is 0. The van der Waals surface area contributed by atoms with Crippen molar-refractivity contribution in [2.45, 2.75) is 19.5 Å². The first-order valence-corrected chi connectivity index (χ1v) is 6.49. The molecule has 0 bridgehead atoms. The number of nitrogens with one attached hydrogen (secondary N) is 2. The van der Waals surface area contributed by atoms with Gasteiger partial charge in [0, 0.05) is 18.3 Å². The Labute approximate surface area is 122 Å². The lowest BCUT2D eigenvalue weighted by Crippen LogP contribution is -2.46. The first-order valence-electron chi connectivity index (χ1n) is 6.49. The largest absolute Gasteiger partial charge is 0.352 e. The number of primary amides is 1. The Morgan fingerprint density at radius 2 is 2.05 bits per heavy atom. The molecule has 1 aromatic carbocycles. The minimum absolute atomic E-state index is 0.304. The fourth-order valence-corrected chi connectivity index (χ4v) is 1.79. The van der Waals surface area contributed by atoms with Gasteiger partial charge in [-0.1, -0.05) is 18.2 Å². The van der Waals surface area contributed by atoms with E-state index in [2.05, 4.69) is 15.7 Å². The standard InChI is InChI=1S/C14H17N5O2/c1-10(18-14(15)21)13(20)16-7-11-8-17-19(9-11)12-5-3-2-4-6-12/h2-6,8-10H,7H2,1H3,(H,16,20)(H3,15,18,21)/t10-/m1/s1. The van der Waals surface area contributed by atoms with Crippen LogP contribution < -0.4 is 16.4 Å². The van der Waals surface area contributed by atoms with E-state index in [1.54, 1.807) is 17.8 Å². The third-order valence-electron chi connectivity index (χ3n) is 2.88. The second kappa shape index (κ2) is 6.56. The van der Waals surface area contributed by atoms with Gasteiger partial charge in [-0.3, -0.25) is 4.79 Å². The van der Waals surface area contributed by atoms with Gasteiger partial charge in [0.15, 0.2) is 0 Å². The van der Waals surface area contributed by atoms with Crippen molar-refractivity contribution in [1.82, 2.24) is 20.4 Å². The number of amides is 3. The summed E-state index contributed by atoms with van der Waals surface area (Å²) in [5, 5.41) is 9.26. The zero-order valence-electron chi connectivity index (χ0n) is 11.6. The summed E-state index contributed by atoms with van der Waals surface area (Å²) in [5.74, 6) is -0.304. The zero-order valence-corrected chi connectivity index (χ0v) is 11.6. The van der Waals surface area contributed by atoms with Gasteiger partial charge in [-0.15, -0.1) is 0 Å². The highest BCUT2D eigenvalue weighted by molar-refractivity contribution is 5.86. The quantitative estimate of drug-likeness (QED) is 0.748. The molecule has 0 radical (unpaired) electrons. The summed E-state index contributed by atoms with van der Waals surface area (Å²) in [6, 6.07) is 8.26. The number of nitrogens with two attached hydrogens (primary N) is 1. The Bertz CT molecular complexity index is 623. The van der Waals surface area contributed by atoms with Gasteiger partial charge in [-0.25, -0.2) is 9.48 Å². The van der Waals surface area contributed by atoms with Crippen molar-refractivity contribution in [2.75, 3.05) is 0 Å². The van der Waals surface area contributed by atoms with Gasteiger partial charge in [0.2, 0.25) is 5.91 Å². The van der Waals surface area contributed by atoms with Crippen LogP contribution in [0.25, 0.3) is 5.69 Å². The summed E-state index contributed by atoms with van der Waals surface area (Å²) < 4.78 is 1.73. The zero-order chi connectivity index (χ0) is 15.2. The molecule has 0 aliphatic carbocycles. The van der Waals surface area contributed by atoms with E-state index in [0.29, 0.717) is 6.54 Å². The molecule has 0 aliphatic rings. The summed E-state index contributed by atoms with van der Waals surface area (Å²) in [5.41, 5.74) is 6.77. The highest BCUT2D eigenvalue weighted by Gasteiger charge is 2.13. The van der Waals surface area contributed by atoms with E-state index < -0.39 is 12.1 Å². The molecule has 0 saturated heterocycles. The minimum Gasteiger partial charge on any atom is -0.352 e. The van der Waals surface area contributed by atoms with E-state index in [-0.39, 0.29) is 5.91 Å². The van der Waals surface area contributed by atoms with E-state index in [9.17, 15) is 9.59 Å². The molecule has 3 amide bonds. The molecule has 0 fully saturated rings. The molecule has 4 N–H and O–H groups in total. The normalized spacial score (nSPS) is 11.7. The molecule has 0 aliphatic heterocycles. The molecule has 7 heteroatoms. The van der Waals surface area contributed by atoms with Gasteiger partial charge < -0.3 is 16.4 Å². The van der Waals surface area contributed by atoms with E-state index >= 15 is 0 Å². The highest BCUT2D eigenvalue weighted by Crippen LogP contribution is 2.07. The van der Waals surface area contributed by atoms with E-state index in [1.165, 1.54) is 0 Å². The molecule has 2 aromatic rings. The van der Waals surface area contributed by atoms with Gasteiger partial charge in [0.25, 0.3) is 0 Å². The van der Waals surface area contributed by atoms with Crippen molar-refractivity contribution in [3.8, 4) is 5.69 Å². The molecule has 2 rings (SSSR count). The third kappa shape index (κ3) is 4.07. The minimum atomic E-state index is -0.727. The Balaban J connectivity index is 1.91. The number of para-hydroxylation sites is 1. The van der Waals surface area contributed by atoms with Gasteiger partial charge >= 0.3 is 6.03 Å². The van der Waals surface area contributed by atoms with Crippen LogP contribution in [-0.2, 0) is 11.3 Å². The molecule has 0 saturated carbocycles. The summed E-state index contributed by atoms with van der Waals surface area (Å²) in [6.45, 7) is 1.89. The van der Waals surface area contributed by atoms with Crippen LogP contribution in [0.1, 0.15) is 12.5 Å². The van der Waals surface area contributed by atoms with Gasteiger partial charge in [-0.2, -0.15) is 5.10 Å². The Morgan fingerprint density at radius 1 is 1.33 bits per heavy atom. The molecule has 0 unspecified atom stereocenters. The number of carbonyl (C=O) groups excluding carboxylic acids is 2. The van der Waals surface area contributed by atoms with Crippen molar-refractivity contribution in [3.05, 3.63) is 48.3 Å². The van der Waals surface area contributed by atoms with Gasteiger partial charge in [0.05, 0.1) is 11.9 Å². The lowest BCUT2D eigenvalue weighted by Gasteiger charge is -2.11. The molecule has 110 valence electrons. The van der Waals surface area contributed by atoms with Crippen LogP contribution in [0.4, 0.5) is 4.79 Å². The van der Waals surface area contributed by atoms with Crippen LogP contribution in [0, 0.1) is 0 Å². The predicted octanol–water partition coefficient (Wildman–Crippen LogP) is 0.545. The molecular formula is C14H17N5O2. The van der Waals surface area contributed by atoms with E-state index in [4.69, 9.17) is 5.73 Å². The van der Waals surface area contributed by atoms with Crippen LogP contribution >= 0.6 is 0 Å². The molecule has 1 aromatic heterocycles. The topological polar surface area (TPSA) is 102 Å². The predicted molar refractivity (Wildman–Crippen MR) is 77.6 cm³/mol. The van der Waals surface area contributed by atoms with Crippen molar-refractivity contribution in [1.29, 1.82) is 0 Å². The van der Waals surface area contributed by atoms with E-state index in [0.717, 1.165) is 11.3 Å². The second-order valence-corrected chi connectivity index (χ2v) is 4.58. The lowest BCUT2D eigenvalue weighted by atomic mass is 10.3. The monoisotopic (exact) mass is 287 g/mol. The molecular weight excluding hydrogens is 270 g/mol. The van der Waals surface area contributed by atoms with Crippen molar-refractivity contribution >= 4 is 11.9 Å². The van der Waals surface area contributed by atoms with Crippen LogP contribution in [0.5, 0.6) is 0 Å². The third-order valence-corrected chi connectivity index (χ3v) is 2.88. The van der Waals surface area contributed by atoms with Crippen molar-refractivity contribution < 1.29 is 9.59 Å². The Hall–Kier alpha value is -2.83.